The molecular formula is C15H19Br2NO. The standard InChI is InChI=1S/C15H19Br2NO/c16-5-6-18(14-2-1-3-14)10-12-9-13(17)8-11-4-7-19-15(11)12/h8-9,14H,1-7,10H2. The van der Waals surface area contributed by atoms with Crippen LogP contribution in [0.25, 0.3) is 0 Å². The van der Waals surface area contributed by atoms with E-state index in [1.54, 1.807) is 0 Å². The zero-order valence-corrected chi connectivity index (χ0v) is 14.2. The highest BCUT2D eigenvalue weighted by Gasteiger charge is 2.26. The molecule has 3 rings (SSSR count). The molecule has 1 heterocycles. The van der Waals surface area contributed by atoms with Crippen LogP contribution in [0.15, 0.2) is 16.6 Å². The van der Waals surface area contributed by atoms with Crippen molar-refractivity contribution in [1.82, 2.24) is 4.90 Å². The highest BCUT2D eigenvalue weighted by Crippen LogP contribution is 2.35. The molecule has 104 valence electrons. The van der Waals surface area contributed by atoms with Gasteiger partial charge in [0, 0.05) is 40.9 Å². The minimum Gasteiger partial charge on any atom is -0.493 e. The monoisotopic (exact) mass is 387 g/mol. The second-order valence-electron chi connectivity index (χ2n) is 5.40. The van der Waals surface area contributed by atoms with E-state index >= 15 is 0 Å². The summed E-state index contributed by atoms with van der Waals surface area (Å²) in [7, 11) is 0. The van der Waals surface area contributed by atoms with Gasteiger partial charge in [0.25, 0.3) is 0 Å². The Morgan fingerprint density at radius 3 is 2.84 bits per heavy atom. The zero-order chi connectivity index (χ0) is 13.2. The molecule has 0 saturated heterocycles. The first-order valence-corrected chi connectivity index (χ1v) is 8.93. The lowest BCUT2D eigenvalue weighted by atomic mass is 9.91. The van der Waals surface area contributed by atoms with Gasteiger partial charge in [0.1, 0.15) is 5.75 Å². The van der Waals surface area contributed by atoms with Gasteiger partial charge in [-0.3, -0.25) is 4.90 Å². The molecule has 0 atom stereocenters. The first-order chi connectivity index (χ1) is 9.28. The van der Waals surface area contributed by atoms with Crippen LogP contribution in [0, 0.1) is 0 Å². The van der Waals surface area contributed by atoms with Crippen molar-refractivity contribution >= 4 is 31.9 Å². The lowest BCUT2D eigenvalue weighted by Gasteiger charge is -2.37. The molecule has 19 heavy (non-hydrogen) atoms. The molecule has 0 radical (unpaired) electrons. The maximum Gasteiger partial charge on any atom is 0.127 e. The average molecular weight is 389 g/mol. The predicted octanol–water partition coefficient (Wildman–Crippen LogP) is 4.13. The molecule has 0 unspecified atom stereocenters. The second kappa shape index (κ2) is 6.15. The number of ether oxygens (including phenoxy) is 1. The fraction of sp³-hybridized carbons (Fsp3) is 0.600. The zero-order valence-electron chi connectivity index (χ0n) is 11.0. The summed E-state index contributed by atoms with van der Waals surface area (Å²) in [5.41, 5.74) is 2.70. The molecule has 2 aliphatic rings. The smallest absolute Gasteiger partial charge is 0.127 e. The molecule has 0 amide bonds. The van der Waals surface area contributed by atoms with Gasteiger partial charge in [-0.05, 0) is 30.5 Å². The molecule has 1 aromatic carbocycles. The number of halogens is 2. The van der Waals surface area contributed by atoms with Crippen molar-refractivity contribution < 1.29 is 4.74 Å². The Morgan fingerprint density at radius 2 is 2.16 bits per heavy atom. The van der Waals surface area contributed by atoms with Gasteiger partial charge in [0.15, 0.2) is 0 Å². The van der Waals surface area contributed by atoms with Gasteiger partial charge in [-0.1, -0.05) is 38.3 Å². The molecule has 1 saturated carbocycles. The maximum atomic E-state index is 5.84. The van der Waals surface area contributed by atoms with Gasteiger partial charge < -0.3 is 4.74 Å². The van der Waals surface area contributed by atoms with Crippen molar-refractivity contribution in [1.29, 1.82) is 0 Å². The van der Waals surface area contributed by atoms with Crippen molar-refractivity contribution in [2.24, 2.45) is 0 Å². The van der Waals surface area contributed by atoms with Crippen molar-refractivity contribution in [2.45, 2.75) is 38.3 Å². The first-order valence-electron chi connectivity index (χ1n) is 7.02. The lowest BCUT2D eigenvalue weighted by Crippen LogP contribution is -2.40. The van der Waals surface area contributed by atoms with Crippen LogP contribution in [0.1, 0.15) is 30.4 Å². The number of hydrogen-bond acceptors (Lipinski definition) is 2. The lowest BCUT2D eigenvalue weighted by molar-refractivity contribution is 0.127. The highest BCUT2D eigenvalue weighted by atomic mass is 79.9. The molecule has 1 aliphatic carbocycles. The van der Waals surface area contributed by atoms with Crippen molar-refractivity contribution in [3.05, 3.63) is 27.7 Å². The van der Waals surface area contributed by atoms with E-state index < -0.39 is 0 Å². The number of rotatable bonds is 5. The van der Waals surface area contributed by atoms with E-state index in [1.165, 1.54) is 34.9 Å². The minimum absolute atomic E-state index is 0.772. The summed E-state index contributed by atoms with van der Waals surface area (Å²) in [6.45, 7) is 2.96. The largest absolute Gasteiger partial charge is 0.493 e. The summed E-state index contributed by atoms with van der Waals surface area (Å²) in [6.07, 6.45) is 5.13. The van der Waals surface area contributed by atoms with E-state index in [1.807, 2.05) is 0 Å². The van der Waals surface area contributed by atoms with E-state index in [-0.39, 0.29) is 0 Å². The van der Waals surface area contributed by atoms with Crippen LogP contribution in [-0.2, 0) is 13.0 Å². The van der Waals surface area contributed by atoms with Gasteiger partial charge in [0.2, 0.25) is 0 Å². The Hall–Kier alpha value is -0.0600. The molecule has 1 fully saturated rings. The molecule has 0 N–H and O–H groups in total. The van der Waals surface area contributed by atoms with E-state index in [0.29, 0.717) is 0 Å². The average Bonchev–Trinajstić information content (AvgIpc) is 2.74. The van der Waals surface area contributed by atoms with Gasteiger partial charge in [-0.25, -0.2) is 0 Å². The molecule has 0 spiro atoms. The number of alkyl halides is 1. The fourth-order valence-corrected chi connectivity index (χ4v) is 3.94. The summed E-state index contributed by atoms with van der Waals surface area (Å²) >= 11 is 7.21. The Kier molecular flexibility index (Phi) is 4.50. The van der Waals surface area contributed by atoms with Gasteiger partial charge >= 0.3 is 0 Å². The topological polar surface area (TPSA) is 12.5 Å². The van der Waals surface area contributed by atoms with E-state index in [2.05, 4.69) is 48.9 Å². The Bertz CT molecular complexity index is 460. The summed E-state index contributed by atoms with van der Waals surface area (Å²) in [5, 5.41) is 1.04. The molecule has 0 aromatic heterocycles. The second-order valence-corrected chi connectivity index (χ2v) is 7.10. The highest BCUT2D eigenvalue weighted by molar-refractivity contribution is 9.10. The fourth-order valence-electron chi connectivity index (χ4n) is 2.93. The molecule has 4 heteroatoms. The van der Waals surface area contributed by atoms with Crippen LogP contribution in [0.3, 0.4) is 0 Å². The van der Waals surface area contributed by atoms with Crippen LogP contribution in [-0.4, -0.2) is 29.4 Å². The molecular weight excluding hydrogens is 370 g/mol. The number of hydrogen-bond donors (Lipinski definition) is 0. The van der Waals surface area contributed by atoms with E-state index in [9.17, 15) is 0 Å². The Labute approximate surface area is 131 Å². The van der Waals surface area contributed by atoms with Crippen LogP contribution in [0.2, 0.25) is 0 Å². The van der Waals surface area contributed by atoms with Crippen LogP contribution >= 0.6 is 31.9 Å². The molecule has 0 bridgehead atoms. The third-order valence-electron chi connectivity index (χ3n) is 4.16. The molecule has 2 nitrogen and oxygen atoms in total. The molecule has 1 aromatic rings. The van der Waals surface area contributed by atoms with Crippen LogP contribution in [0.4, 0.5) is 0 Å². The Balaban J connectivity index is 1.81. The third-order valence-corrected chi connectivity index (χ3v) is 4.97. The van der Waals surface area contributed by atoms with Gasteiger partial charge in [-0.2, -0.15) is 0 Å². The Morgan fingerprint density at radius 1 is 1.32 bits per heavy atom. The van der Waals surface area contributed by atoms with E-state index in [4.69, 9.17) is 4.74 Å². The number of fused-ring (bicyclic) bond motifs is 1. The summed E-state index contributed by atoms with van der Waals surface area (Å²) in [5.74, 6) is 1.14. The minimum atomic E-state index is 0.772. The molecule has 1 aliphatic heterocycles. The predicted molar refractivity (Wildman–Crippen MR) is 85.2 cm³/mol. The quantitative estimate of drug-likeness (QED) is 0.703. The van der Waals surface area contributed by atoms with Crippen LogP contribution < -0.4 is 4.74 Å². The van der Waals surface area contributed by atoms with Gasteiger partial charge in [0.05, 0.1) is 6.61 Å². The van der Waals surface area contributed by atoms with E-state index in [0.717, 1.165) is 43.2 Å². The van der Waals surface area contributed by atoms with Gasteiger partial charge in [-0.15, -0.1) is 0 Å². The normalized spacial score (nSPS) is 18.3. The number of benzene rings is 1. The third kappa shape index (κ3) is 3.01. The first kappa shape index (κ1) is 13.9. The summed E-state index contributed by atoms with van der Waals surface area (Å²) < 4.78 is 7.02. The van der Waals surface area contributed by atoms with Crippen molar-refractivity contribution in [3.63, 3.8) is 0 Å². The van der Waals surface area contributed by atoms with Crippen LogP contribution in [0.5, 0.6) is 5.75 Å². The van der Waals surface area contributed by atoms with Crippen molar-refractivity contribution in [2.75, 3.05) is 18.5 Å². The number of nitrogens with zero attached hydrogens (tertiary/aromatic N) is 1. The summed E-state index contributed by atoms with van der Waals surface area (Å²) in [4.78, 5) is 2.60. The summed E-state index contributed by atoms with van der Waals surface area (Å²) in [6, 6.07) is 5.20. The van der Waals surface area contributed by atoms with Crippen molar-refractivity contribution in [3.8, 4) is 5.75 Å². The maximum absolute atomic E-state index is 5.84. The SMILES string of the molecule is BrCCN(Cc1cc(Br)cc2c1OCC2)C1CCC1.